The van der Waals surface area contributed by atoms with Gasteiger partial charge in [0.1, 0.15) is 0 Å². The number of carbonyl (C=O) groups is 1. The number of likely N-dealkylation sites (tertiary alicyclic amines) is 1. The van der Waals surface area contributed by atoms with Gasteiger partial charge in [0.05, 0.1) is 6.61 Å². The largest absolute Gasteiger partial charge is 0.461 e. The smallest absolute Gasteiger partial charge is 0.366 e. The van der Waals surface area contributed by atoms with Crippen LogP contribution >= 0.6 is 0 Å². The predicted molar refractivity (Wildman–Crippen MR) is 51.5 cm³/mol. The van der Waals surface area contributed by atoms with E-state index < -0.39 is 11.8 Å². The lowest BCUT2D eigenvalue weighted by Crippen LogP contribution is -2.23. The molecule has 14 heavy (non-hydrogen) atoms. The molecule has 0 aromatic heterocycles. The number of likely N-dealkylation sites (N-methyl/N-ethyl adjacent to an activating group) is 1. The molecule has 1 aliphatic rings. The summed E-state index contributed by atoms with van der Waals surface area (Å²) < 4.78 is 17.7. The van der Waals surface area contributed by atoms with E-state index in [4.69, 9.17) is 0 Å². The molecule has 1 heterocycles. The quantitative estimate of drug-likeness (QED) is 0.512. The summed E-state index contributed by atoms with van der Waals surface area (Å²) in [5.74, 6) is -1.63. The van der Waals surface area contributed by atoms with Gasteiger partial charge in [0.15, 0.2) is 0 Å². The van der Waals surface area contributed by atoms with Gasteiger partial charge in [0.2, 0.25) is 5.83 Å². The van der Waals surface area contributed by atoms with Crippen molar-refractivity contribution in [1.82, 2.24) is 4.90 Å². The first-order valence-corrected chi connectivity index (χ1v) is 4.89. The van der Waals surface area contributed by atoms with Gasteiger partial charge in [0.25, 0.3) is 0 Å². The van der Waals surface area contributed by atoms with Gasteiger partial charge in [0, 0.05) is 6.04 Å². The van der Waals surface area contributed by atoms with E-state index in [0.29, 0.717) is 0 Å². The Hall–Kier alpha value is -0.900. The van der Waals surface area contributed by atoms with Crippen molar-refractivity contribution in [1.29, 1.82) is 0 Å². The number of hydrogen-bond acceptors (Lipinski definition) is 3. The summed E-state index contributed by atoms with van der Waals surface area (Å²) in [5, 5.41) is 0. The van der Waals surface area contributed by atoms with Crippen LogP contribution in [-0.2, 0) is 9.53 Å². The molecule has 1 unspecified atom stereocenters. The van der Waals surface area contributed by atoms with E-state index in [0.717, 1.165) is 19.4 Å². The van der Waals surface area contributed by atoms with E-state index in [9.17, 15) is 9.18 Å². The molecular weight excluding hydrogens is 185 g/mol. The van der Waals surface area contributed by atoms with Gasteiger partial charge in [-0.2, -0.15) is 4.39 Å². The van der Waals surface area contributed by atoms with Crippen molar-refractivity contribution in [3.05, 3.63) is 11.9 Å². The van der Waals surface area contributed by atoms with Crippen LogP contribution in [0.5, 0.6) is 0 Å². The molecule has 1 aliphatic heterocycles. The molecule has 1 saturated heterocycles. The number of rotatable bonds is 3. The van der Waals surface area contributed by atoms with Gasteiger partial charge in [-0.25, -0.2) is 4.79 Å². The average Bonchev–Trinajstić information content (AvgIpc) is 2.52. The normalized spacial score (nSPS) is 23.9. The number of halogens is 1. The standard InChI is InChI=1S/C10H16FNO2/c1-3-14-10(13)9(11)7-8-5-4-6-12(8)2/h7-8H,3-6H2,1-2H3/b9-7-. The van der Waals surface area contributed by atoms with Crippen LogP contribution in [0.25, 0.3) is 0 Å². The van der Waals surface area contributed by atoms with Crippen molar-refractivity contribution in [3.8, 4) is 0 Å². The van der Waals surface area contributed by atoms with Crippen molar-refractivity contribution < 1.29 is 13.9 Å². The fraction of sp³-hybridized carbons (Fsp3) is 0.700. The first kappa shape index (κ1) is 11.2. The summed E-state index contributed by atoms with van der Waals surface area (Å²) in [6, 6.07) is 0.0411. The Morgan fingerprint density at radius 3 is 2.93 bits per heavy atom. The Bertz CT molecular complexity index is 240. The minimum absolute atomic E-state index is 0.0411. The van der Waals surface area contributed by atoms with Crippen molar-refractivity contribution in [2.45, 2.75) is 25.8 Å². The molecule has 0 aromatic rings. The van der Waals surface area contributed by atoms with Gasteiger partial charge in [-0.3, -0.25) is 4.90 Å². The van der Waals surface area contributed by atoms with Gasteiger partial charge in [-0.05, 0) is 39.4 Å². The first-order chi connectivity index (χ1) is 6.65. The highest BCUT2D eigenvalue weighted by molar-refractivity contribution is 5.86. The monoisotopic (exact) mass is 201 g/mol. The topological polar surface area (TPSA) is 29.5 Å². The zero-order chi connectivity index (χ0) is 10.6. The van der Waals surface area contributed by atoms with Crippen molar-refractivity contribution in [3.63, 3.8) is 0 Å². The maximum Gasteiger partial charge on any atom is 0.366 e. The number of esters is 1. The summed E-state index contributed by atoms with van der Waals surface area (Å²) >= 11 is 0. The van der Waals surface area contributed by atoms with E-state index in [1.807, 2.05) is 11.9 Å². The van der Waals surface area contributed by atoms with E-state index in [1.54, 1.807) is 6.92 Å². The molecule has 0 amide bonds. The third-order valence-corrected chi connectivity index (χ3v) is 2.39. The Morgan fingerprint density at radius 1 is 1.71 bits per heavy atom. The molecule has 0 spiro atoms. The van der Waals surface area contributed by atoms with Crippen LogP contribution in [-0.4, -0.2) is 37.1 Å². The second kappa shape index (κ2) is 5.10. The Morgan fingerprint density at radius 2 is 2.43 bits per heavy atom. The molecule has 0 aromatic carbocycles. The summed E-state index contributed by atoms with van der Waals surface area (Å²) in [7, 11) is 1.92. The van der Waals surface area contributed by atoms with Crippen LogP contribution in [0, 0.1) is 0 Å². The van der Waals surface area contributed by atoms with Crippen molar-refractivity contribution >= 4 is 5.97 Å². The van der Waals surface area contributed by atoms with Crippen LogP contribution in [0.1, 0.15) is 19.8 Å². The van der Waals surface area contributed by atoms with E-state index in [-0.39, 0.29) is 12.6 Å². The molecule has 0 bridgehead atoms. The molecule has 1 fully saturated rings. The third kappa shape index (κ3) is 2.80. The predicted octanol–water partition coefficient (Wildman–Crippen LogP) is 1.50. The lowest BCUT2D eigenvalue weighted by Gasteiger charge is -2.14. The summed E-state index contributed by atoms with van der Waals surface area (Å²) in [6.07, 6.45) is 3.31. The number of nitrogens with zero attached hydrogens (tertiary/aromatic N) is 1. The zero-order valence-corrected chi connectivity index (χ0v) is 8.62. The Kier molecular flexibility index (Phi) is 4.07. The van der Waals surface area contributed by atoms with Gasteiger partial charge in [-0.1, -0.05) is 0 Å². The number of hydrogen-bond donors (Lipinski definition) is 0. The second-order valence-corrected chi connectivity index (χ2v) is 3.43. The first-order valence-electron chi connectivity index (χ1n) is 4.89. The zero-order valence-electron chi connectivity index (χ0n) is 8.62. The summed E-state index contributed by atoms with van der Waals surface area (Å²) in [4.78, 5) is 13.0. The molecule has 0 N–H and O–H groups in total. The van der Waals surface area contributed by atoms with Gasteiger partial charge < -0.3 is 4.74 Å². The lowest BCUT2D eigenvalue weighted by atomic mass is 10.2. The van der Waals surface area contributed by atoms with Gasteiger partial charge >= 0.3 is 5.97 Å². The fourth-order valence-corrected chi connectivity index (χ4v) is 1.58. The molecule has 1 rings (SSSR count). The van der Waals surface area contributed by atoms with Crippen molar-refractivity contribution in [2.75, 3.05) is 20.2 Å². The molecule has 0 aliphatic carbocycles. The Balaban J connectivity index is 2.53. The highest BCUT2D eigenvalue weighted by Gasteiger charge is 2.21. The third-order valence-electron chi connectivity index (χ3n) is 2.39. The van der Waals surface area contributed by atoms with Gasteiger partial charge in [-0.15, -0.1) is 0 Å². The molecular formula is C10H16FNO2. The van der Waals surface area contributed by atoms with Crippen molar-refractivity contribution in [2.24, 2.45) is 0 Å². The molecule has 80 valence electrons. The van der Waals surface area contributed by atoms with Crippen LogP contribution < -0.4 is 0 Å². The van der Waals surface area contributed by atoms with E-state index >= 15 is 0 Å². The highest BCUT2D eigenvalue weighted by Crippen LogP contribution is 2.18. The molecule has 4 heteroatoms. The lowest BCUT2D eigenvalue weighted by molar-refractivity contribution is -0.140. The minimum atomic E-state index is -0.854. The maximum atomic E-state index is 13.2. The highest BCUT2D eigenvalue weighted by atomic mass is 19.1. The Labute approximate surface area is 83.5 Å². The van der Waals surface area contributed by atoms with Crippen LogP contribution in [0.15, 0.2) is 11.9 Å². The SMILES string of the molecule is CCOC(=O)/C(F)=C/C1CCCN1C. The summed E-state index contributed by atoms with van der Waals surface area (Å²) in [6.45, 7) is 2.82. The van der Waals surface area contributed by atoms with E-state index in [2.05, 4.69) is 4.74 Å². The molecule has 0 radical (unpaired) electrons. The maximum absolute atomic E-state index is 13.2. The molecule has 3 nitrogen and oxygen atoms in total. The average molecular weight is 201 g/mol. The number of carbonyl (C=O) groups excluding carboxylic acids is 1. The fourth-order valence-electron chi connectivity index (χ4n) is 1.58. The van der Waals surface area contributed by atoms with Crippen LogP contribution in [0.4, 0.5) is 4.39 Å². The minimum Gasteiger partial charge on any atom is -0.461 e. The number of ether oxygens (including phenoxy) is 1. The van der Waals surface area contributed by atoms with E-state index in [1.165, 1.54) is 6.08 Å². The van der Waals surface area contributed by atoms with Crippen LogP contribution in [0.2, 0.25) is 0 Å². The molecule has 1 atom stereocenters. The molecule has 0 saturated carbocycles. The van der Waals surface area contributed by atoms with Crippen LogP contribution in [0.3, 0.4) is 0 Å². The second-order valence-electron chi connectivity index (χ2n) is 3.43. The summed E-state index contributed by atoms with van der Waals surface area (Å²) in [5.41, 5.74) is 0.